The van der Waals surface area contributed by atoms with Gasteiger partial charge in [0.2, 0.25) is 0 Å². The van der Waals surface area contributed by atoms with Crippen LogP contribution in [0.5, 0.6) is 0 Å². The zero-order chi connectivity index (χ0) is 9.38. The monoisotopic (exact) mass is 196 g/mol. The predicted octanol–water partition coefficient (Wildman–Crippen LogP) is 2.37. The van der Waals surface area contributed by atoms with Gasteiger partial charge in [-0.2, -0.15) is 0 Å². The molecule has 0 spiro atoms. The Morgan fingerprint density at radius 3 is 1.71 bits per heavy atom. The Hall–Kier alpha value is -0.0800. The zero-order valence-electron chi connectivity index (χ0n) is 8.78. The van der Waals surface area contributed by atoms with Gasteiger partial charge in [0.1, 0.15) is 0 Å². The van der Waals surface area contributed by atoms with Gasteiger partial charge in [-0.05, 0) is 24.7 Å². The number of hydrogen-bond donors (Lipinski definition) is 0. The van der Waals surface area contributed by atoms with E-state index in [1.807, 2.05) is 0 Å². The molecule has 0 unspecified atom stereocenters. The minimum absolute atomic E-state index is 0.433. The third-order valence-corrected chi connectivity index (χ3v) is 4.30. The lowest BCUT2D eigenvalue weighted by molar-refractivity contribution is -0.174. The van der Waals surface area contributed by atoms with Crippen LogP contribution in [0.1, 0.15) is 38.5 Å². The van der Waals surface area contributed by atoms with Crippen molar-refractivity contribution in [3.05, 3.63) is 0 Å². The molecule has 2 nitrogen and oxygen atoms in total. The van der Waals surface area contributed by atoms with E-state index >= 15 is 0 Å². The van der Waals surface area contributed by atoms with Gasteiger partial charge in [0, 0.05) is 0 Å². The third-order valence-electron chi connectivity index (χ3n) is 4.30. The predicted molar refractivity (Wildman–Crippen MR) is 54.2 cm³/mol. The fraction of sp³-hybridized carbons (Fsp3) is 1.00. The molecule has 14 heavy (non-hydrogen) atoms. The van der Waals surface area contributed by atoms with Crippen LogP contribution in [0.2, 0.25) is 0 Å². The van der Waals surface area contributed by atoms with Crippen LogP contribution in [-0.2, 0) is 9.47 Å². The van der Waals surface area contributed by atoms with Crippen molar-refractivity contribution in [1.29, 1.82) is 0 Å². The van der Waals surface area contributed by atoms with Crippen molar-refractivity contribution < 1.29 is 9.47 Å². The minimum Gasteiger partial charge on any atom is -0.373 e. The Balaban J connectivity index is 1.68. The van der Waals surface area contributed by atoms with E-state index in [1.54, 1.807) is 0 Å². The van der Waals surface area contributed by atoms with Crippen molar-refractivity contribution in [1.82, 2.24) is 0 Å². The van der Waals surface area contributed by atoms with Gasteiger partial charge in [-0.25, -0.2) is 0 Å². The highest BCUT2D eigenvalue weighted by molar-refractivity contribution is 4.90. The Bertz CT molecular complexity index is 162. The summed E-state index contributed by atoms with van der Waals surface area (Å²) < 4.78 is 11.6. The molecule has 1 saturated heterocycles. The van der Waals surface area contributed by atoms with E-state index < -0.39 is 0 Å². The normalized spacial score (nSPS) is 48.0. The van der Waals surface area contributed by atoms with E-state index in [0.29, 0.717) is 12.2 Å². The summed E-state index contributed by atoms with van der Waals surface area (Å²) in [7, 11) is 0. The summed E-state index contributed by atoms with van der Waals surface area (Å²) in [6.07, 6.45) is 9.18. The molecule has 2 saturated carbocycles. The molecule has 80 valence electrons. The second kappa shape index (κ2) is 3.82. The molecule has 0 aromatic heterocycles. The molecule has 0 bridgehead atoms. The summed E-state index contributed by atoms with van der Waals surface area (Å²) in [6.45, 7) is 1.64. The molecule has 3 rings (SSSR count). The second-order valence-corrected chi connectivity index (χ2v) is 5.09. The molecule has 2 aliphatic carbocycles. The molecule has 0 aromatic rings. The maximum absolute atomic E-state index is 5.81. The van der Waals surface area contributed by atoms with Crippen LogP contribution in [0, 0.1) is 11.8 Å². The molecule has 0 N–H and O–H groups in total. The third kappa shape index (κ3) is 1.59. The quantitative estimate of drug-likeness (QED) is 0.592. The van der Waals surface area contributed by atoms with Crippen LogP contribution in [-0.4, -0.2) is 25.4 Å². The molecule has 4 atom stereocenters. The fourth-order valence-electron chi connectivity index (χ4n) is 3.56. The summed E-state index contributed by atoms with van der Waals surface area (Å²) in [4.78, 5) is 0. The van der Waals surface area contributed by atoms with Gasteiger partial charge in [-0.3, -0.25) is 0 Å². The fourth-order valence-corrected chi connectivity index (χ4v) is 3.56. The first-order chi connectivity index (χ1) is 6.93. The first-order valence-corrected chi connectivity index (χ1v) is 6.16. The van der Waals surface area contributed by atoms with Crippen LogP contribution >= 0.6 is 0 Å². The lowest BCUT2D eigenvalue weighted by Gasteiger charge is -2.45. The summed E-state index contributed by atoms with van der Waals surface area (Å²) in [5.41, 5.74) is 0. The maximum atomic E-state index is 5.81. The second-order valence-electron chi connectivity index (χ2n) is 5.09. The standard InChI is InChI=1S/C12H20O2/c1-2-4-10-8-12-11(7-9(10)3-1)13-5-6-14-12/h9-12H,1-8H2/t9-,10+,11-,12+. The largest absolute Gasteiger partial charge is 0.373 e. The van der Waals surface area contributed by atoms with Gasteiger partial charge < -0.3 is 9.47 Å². The molecular formula is C12H20O2. The number of ether oxygens (including phenoxy) is 2. The topological polar surface area (TPSA) is 18.5 Å². The molecule has 0 aromatic carbocycles. The lowest BCUT2D eigenvalue weighted by Crippen LogP contribution is -2.46. The molecule has 3 fully saturated rings. The van der Waals surface area contributed by atoms with Gasteiger partial charge in [0.25, 0.3) is 0 Å². The van der Waals surface area contributed by atoms with Gasteiger partial charge in [0.15, 0.2) is 0 Å². The first kappa shape index (κ1) is 9.17. The molecule has 3 aliphatic rings. The maximum Gasteiger partial charge on any atom is 0.0840 e. The van der Waals surface area contributed by atoms with Crippen molar-refractivity contribution in [2.24, 2.45) is 11.8 Å². The van der Waals surface area contributed by atoms with E-state index in [2.05, 4.69) is 0 Å². The van der Waals surface area contributed by atoms with Crippen LogP contribution in [0.15, 0.2) is 0 Å². The van der Waals surface area contributed by atoms with E-state index in [-0.39, 0.29) is 0 Å². The van der Waals surface area contributed by atoms with Crippen LogP contribution < -0.4 is 0 Å². The van der Waals surface area contributed by atoms with Crippen molar-refractivity contribution in [2.75, 3.05) is 13.2 Å². The van der Waals surface area contributed by atoms with Crippen molar-refractivity contribution in [2.45, 2.75) is 50.7 Å². The molecule has 1 heterocycles. The Labute approximate surface area is 86.0 Å². The minimum atomic E-state index is 0.433. The molecule has 2 heteroatoms. The molecule has 0 radical (unpaired) electrons. The van der Waals surface area contributed by atoms with E-state index in [0.717, 1.165) is 25.0 Å². The van der Waals surface area contributed by atoms with Crippen LogP contribution in [0.3, 0.4) is 0 Å². The van der Waals surface area contributed by atoms with E-state index in [4.69, 9.17) is 9.47 Å². The number of rotatable bonds is 0. The molecule has 1 aliphatic heterocycles. The van der Waals surface area contributed by atoms with Crippen molar-refractivity contribution in [3.8, 4) is 0 Å². The summed E-state index contributed by atoms with van der Waals surface area (Å²) in [5.74, 6) is 1.90. The smallest absolute Gasteiger partial charge is 0.0840 e. The summed E-state index contributed by atoms with van der Waals surface area (Å²) in [5, 5.41) is 0. The highest BCUT2D eigenvalue weighted by Crippen LogP contribution is 2.42. The Morgan fingerprint density at radius 2 is 1.21 bits per heavy atom. The van der Waals surface area contributed by atoms with Crippen molar-refractivity contribution in [3.63, 3.8) is 0 Å². The van der Waals surface area contributed by atoms with Crippen LogP contribution in [0.4, 0.5) is 0 Å². The molecule has 0 amide bonds. The van der Waals surface area contributed by atoms with Gasteiger partial charge in [0.05, 0.1) is 25.4 Å². The highest BCUT2D eigenvalue weighted by atomic mass is 16.6. The number of fused-ring (bicyclic) bond motifs is 2. The van der Waals surface area contributed by atoms with Crippen molar-refractivity contribution >= 4 is 0 Å². The first-order valence-electron chi connectivity index (χ1n) is 6.16. The highest BCUT2D eigenvalue weighted by Gasteiger charge is 2.40. The lowest BCUT2D eigenvalue weighted by atomic mass is 9.69. The van der Waals surface area contributed by atoms with Gasteiger partial charge in [-0.15, -0.1) is 0 Å². The average Bonchev–Trinajstić information content (AvgIpc) is 2.26. The number of hydrogen-bond acceptors (Lipinski definition) is 2. The molecular weight excluding hydrogens is 176 g/mol. The zero-order valence-corrected chi connectivity index (χ0v) is 8.78. The summed E-state index contributed by atoms with van der Waals surface area (Å²) in [6, 6.07) is 0. The summed E-state index contributed by atoms with van der Waals surface area (Å²) >= 11 is 0. The Kier molecular flexibility index (Phi) is 2.50. The van der Waals surface area contributed by atoms with Crippen LogP contribution in [0.25, 0.3) is 0 Å². The van der Waals surface area contributed by atoms with Gasteiger partial charge >= 0.3 is 0 Å². The van der Waals surface area contributed by atoms with E-state index in [1.165, 1.54) is 38.5 Å². The van der Waals surface area contributed by atoms with E-state index in [9.17, 15) is 0 Å². The van der Waals surface area contributed by atoms with Gasteiger partial charge in [-0.1, -0.05) is 25.7 Å². The Morgan fingerprint density at radius 1 is 0.714 bits per heavy atom. The average molecular weight is 196 g/mol. The SMILES string of the molecule is C1CC[C@H]2C[C@@H]3OCCO[C@@H]3C[C@H]2C1.